The molecule has 22 heavy (non-hydrogen) atoms. The predicted molar refractivity (Wildman–Crippen MR) is 90.5 cm³/mol. The minimum Gasteiger partial charge on any atom is -0.332 e. The molecular formula is C19H24N2O. The summed E-state index contributed by atoms with van der Waals surface area (Å²) in [5, 5.41) is 2.45. The Bertz CT molecular complexity index is 678. The average molecular weight is 296 g/mol. The number of carbonyl (C=O) groups is 1. The fourth-order valence-electron chi connectivity index (χ4n) is 3.03. The van der Waals surface area contributed by atoms with Gasteiger partial charge in [0, 0.05) is 6.04 Å². The van der Waals surface area contributed by atoms with E-state index in [0.717, 1.165) is 12.8 Å². The van der Waals surface area contributed by atoms with Crippen molar-refractivity contribution in [3.63, 3.8) is 0 Å². The van der Waals surface area contributed by atoms with Gasteiger partial charge in [-0.05, 0) is 48.6 Å². The van der Waals surface area contributed by atoms with Gasteiger partial charge in [0.05, 0.1) is 12.1 Å². The third-order valence-corrected chi connectivity index (χ3v) is 4.62. The van der Waals surface area contributed by atoms with Crippen LogP contribution in [0.4, 0.5) is 0 Å². The van der Waals surface area contributed by atoms with Crippen LogP contribution in [0.3, 0.4) is 0 Å². The molecule has 0 bridgehead atoms. The van der Waals surface area contributed by atoms with Gasteiger partial charge in [-0.1, -0.05) is 43.3 Å². The van der Waals surface area contributed by atoms with Crippen molar-refractivity contribution in [3.05, 3.63) is 48.0 Å². The second-order valence-corrected chi connectivity index (χ2v) is 6.27. The first-order valence-corrected chi connectivity index (χ1v) is 8.18. The number of nitrogens with two attached hydrogens (primary N) is 1. The number of hydrogen-bond acceptors (Lipinski definition) is 2. The zero-order valence-corrected chi connectivity index (χ0v) is 13.3. The van der Waals surface area contributed by atoms with Crippen LogP contribution >= 0.6 is 0 Å². The highest BCUT2D eigenvalue weighted by molar-refractivity contribution is 5.84. The van der Waals surface area contributed by atoms with Gasteiger partial charge in [0.2, 0.25) is 5.91 Å². The maximum absolute atomic E-state index is 12.6. The van der Waals surface area contributed by atoms with Crippen LogP contribution in [0.15, 0.2) is 42.5 Å². The Labute approximate surface area is 132 Å². The lowest BCUT2D eigenvalue weighted by molar-refractivity contribution is -0.135. The fourth-order valence-corrected chi connectivity index (χ4v) is 3.03. The summed E-state index contributed by atoms with van der Waals surface area (Å²) in [6.45, 7) is 4.08. The lowest BCUT2D eigenvalue weighted by Gasteiger charge is -2.32. The topological polar surface area (TPSA) is 46.3 Å². The number of rotatable bonds is 5. The molecule has 2 atom stereocenters. The molecule has 0 radical (unpaired) electrons. The zero-order valence-electron chi connectivity index (χ0n) is 13.3. The number of hydrogen-bond donors (Lipinski definition) is 1. The Kier molecular flexibility index (Phi) is 4.16. The van der Waals surface area contributed by atoms with Crippen LogP contribution in [0.25, 0.3) is 10.8 Å². The smallest absolute Gasteiger partial charge is 0.240 e. The van der Waals surface area contributed by atoms with E-state index in [1.807, 2.05) is 24.0 Å². The molecule has 3 rings (SSSR count). The van der Waals surface area contributed by atoms with E-state index >= 15 is 0 Å². The van der Waals surface area contributed by atoms with Crippen LogP contribution in [0, 0.1) is 0 Å². The highest BCUT2D eigenvalue weighted by Crippen LogP contribution is 2.35. The van der Waals surface area contributed by atoms with Crippen molar-refractivity contribution in [2.24, 2.45) is 5.73 Å². The molecule has 0 spiro atoms. The quantitative estimate of drug-likeness (QED) is 0.916. The van der Waals surface area contributed by atoms with E-state index in [9.17, 15) is 4.79 Å². The van der Waals surface area contributed by atoms with E-state index in [1.54, 1.807) is 0 Å². The maximum Gasteiger partial charge on any atom is 0.240 e. The van der Waals surface area contributed by atoms with Crippen LogP contribution in [-0.4, -0.2) is 22.9 Å². The molecule has 3 heteroatoms. The number of fused-ring (bicyclic) bond motifs is 1. The molecule has 0 unspecified atom stereocenters. The van der Waals surface area contributed by atoms with E-state index in [-0.39, 0.29) is 18.0 Å². The molecule has 3 nitrogen and oxygen atoms in total. The molecule has 1 aliphatic rings. The van der Waals surface area contributed by atoms with E-state index in [4.69, 9.17) is 5.73 Å². The van der Waals surface area contributed by atoms with Gasteiger partial charge in [0.1, 0.15) is 0 Å². The van der Waals surface area contributed by atoms with Crippen molar-refractivity contribution < 1.29 is 4.79 Å². The maximum atomic E-state index is 12.6. The number of benzene rings is 2. The van der Waals surface area contributed by atoms with Gasteiger partial charge in [-0.15, -0.1) is 0 Å². The van der Waals surface area contributed by atoms with Gasteiger partial charge >= 0.3 is 0 Å². The molecule has 116 valence electrons. The molecule has 2 aromatic carbocycles. The highest BCUT2D eigenvalue weighted by Gasteiger charge is 2.37. The molecule has 0 saturated heterocycles. The van der Waals surface area contributed by atoms with Gasteiger partial charge in [0.15, 0.2) is 0 Å². The van der Waals surface area contributed by atoms with Crippen molar-refractivity contribution in [2.75, 3.05) is 0 Å². The molecule has 0 aliphatic heterocycles. The van der Waals surface area contributed by atoms with Crippen molar-refractivity contribution in [2.45, 2.75) is 51.2 Å². The second kappa shape index (κ2) is 6.09. The third-order valence-electron chi connectivity index (χ3n) is 4.62. The van der Waals surface area contributed by atoms with Crippen LogP contribution < -0.4 is 5.73 Å². The highest BCUT2D eigenvalue weighted by atomic mass is 16.2. The van der Waals surface area contributed by atoms with E-state index in [2.05, 4.69) is 37.3 Å². The first kappa shape index (κ1) is 15.0. The number of nitrogens with zero attached hydrogens (tertiary/aromatic N) is 1. The summed E-state index contributed by atoms with van der Waals surface area (Å²) in [4.78, 5) is 14.6. The van der Waals surface area contributed by atoms with Gasteiger partial charge in [0.25, 0.3) is 0 Å². The van der Waals surface area contributed by atoms with Crippen LogP contribution in [0.1, 0.15) is 44.7 Å². The molecule has 2 N–H and O–H groups in total. The Hall–Kier alpha value is -1.87. The Morgan fingerprint density at radius 1 is 1.23 bits per heavy atom. The van der Waals surface area contributed by atoms with E-state index in [1.165, 1.54) is 16.3 Å². The largest absolute Gasteiger partial charge is 0.332 e. The first-order valence-electron chi connectivity index (χ1n) is 8.18. The fraction of sp³-hybridized carbons (Fsp3) is 0.421. The normalized spacial score (nSPS) is 17.2. The standard InChI is InChI=1S/C19H24N2O/c1-3-18(20)19(22)21(17-10-11-17)13(2)15-9-8-14-6-4-5-7-16(14)12-15/h4-9,12-13,17-18H,3,10-11,20H2,1-2H3/t13-,18+/m1/s1. The number of carbonyl (C=O) groups excluding carboxylic acids is 1. The molecule has 0 aromatic heterocycles. The van der Waals surface area contributed by atoms with Gasteiger partial charge in [-0.2, -0.15) is 0 Å². The van der Waals surface area contributed by atoms with Gasteiger partial charge in [-0.3, -0.25) is 4.79 Å². The van der Waals surface area contributed by atoms with Crippen LogP contribution in [0.2, 0.25) is 0 Å². The van der Waals surface area contributed by atoms with Crippen molar-refractivity contribution in [1.29, 1.82) is 0 Å². The molecule has 1 saturated carbocycles. The summed E-state index contributed by atoms with van der Waals surface area (Å²) in [5.74, 6) is 0.0886. The molecule has 1 aliphatic carbocycles. The number of amides is 1. The van der Waals surface area contributed by atoms with E-state index in [0.29, 0.717) is 12.5 Å². The van der Waals surface area contributed by atoms with Gasteiger partial charge < -0.3 is 10.6 Å². The predicted octanol–water partition coefficient (Wildman–Crippen LogP) is 3.63. The van der Waals surface area contributed by atoms with Crippen LogP contribution in [0.5, 0.6) is 0 Å². The van der Waals surface area contributed by atoms with E-state index < -0.39 is 0 Å². The SMILES string of the molecule is CC[C@H](N)C(=O)N(C1CC1)[C@H](C)c1ccc2ccccc2c1. The average Bonchev–Trinajstić information content (AvgIpc) is 3.38. The molecule has 1 amide bonds. The zero-order chi connectivity index (χ0) is 15.7. The summed E-state index contributed by atoms with van der Waals surface area (Å²) in [6.07, 6.45) is 2.88. The Morgan fingerprint density at radius 3 is 2.55 bits per heavy atom. The first-order chi connectivity index (χ1) is 10.6. The monoisotopic (exact) mass is 296 g/mol. The summed E-state index contributed by atoms with van der Waals surface area (Å²) in [5.41, 5.74) is 7.18. The van der Waals surface area contributed by atoms with Crippen molar-refractivity contribution >= 4 is 16.7 Å². The Balaban J connectivity index is 1.91. The summed E-state index contributed by atoms with van der Waals surface area (Å²) in [7, 11) is 0. The van der Waals surface area contributed by atoms with Crippen LogP contribution in [-0.2, 0) is 4.79 Å². The minimum absolute atomic E-state index is 0.0715. The summed E-state index contributed by atoms with van der Waals surface area (Å²) < 4.78 is 0. The molecular weight excluding hydrogens is 272 g/mol. The van der Waals surface area contributed by atoms with Gasteiger partial charge in [-0.25, -0.2) is 0 Å². The summed E-state index contributed by atoms with van der Waals surface area (Å²) >= 11 is 0. The lowest BCUT2D eigenvalue weighted by atomic mass is 10.0. The van der Waals surface area contributed by atoms with Crippen molar-refractivity contribution in [3.8, 4) is 0 Å². The second-order valence-electron chi connectivity index (χ2n) is 6.27. The summed E-state index contributed by atoms with van der Waals surface area (Å²) in [6, 6.07) is 14.8. The molecule has 1 fully saturated rings. The lowest BCUT2D eigenvalue weighted by Crippen LogP contribution is -2.45. The molecule has 0 heterocycles. The molecule has 2 aromatic rings. The Morgan fingerprint density at radius 2 is 1.91 bits per heavy atom. The van der Waals surface area contributed by atoms with Crippen molar-refractivity contribution in [1.82, 2.24) is 4.90 Å². The third kappa shape index (κ3) is 2.86. The minimum atomic E-state index is -0.386.